The van der Waals surface area contributed by atoms with Crippen molar-refractivity contribution in [3.05, 3.63) is 12.2 Å². The number of carbonyl (C=O) groups is 1. The molecule has 0 bridgehead atoms. The van der Waals surface area contributed by atoms with Crippen molar-refractivity contribution in [1.82, 2.24) is 15.1 Å². The predicted molar refractivity (Wildman–Crippen MR) is 84.4 cm³/mol. The molecular formula is C16H29N3O2. The van der Waals surface area contributed by atoms with Crippen LogP contribution in [0, 0.1) is 0 Å². The summed E-state index contributed by atoms with van der Waals surface area (Å²) < 4.78 is 5.34. The molecule has 1 amide bonds. The van der Waals surface area contributed by atoms with Gasteiger partial charge in [0.1, 0.15) is 5.60 Å². The number of hydrogen-bond acceptors (Lipinski definition) is 4. The van der Waals surface area contributed by atoms with Crippen LogP contribution in [0.2, 0.25) is 0 Å². The summed E-state index contributed by atoms with van der Waals surface area (Å²) in [5, 5.41) is 3.00. The second-order valence-corrected chi connectivity index (χ2v) is 7.15. The normalized spacial score (nSPS) is 28.4. The molecule has 0 aromatic heterocycles. The van der Waals surface area contributed by atoms with E-state index in [2.05, 4.69) is 34.3 Å². The largest absolute Gasteiger partial charge is 0.444 e. The first-order chi connectivity index (χ1) is 9.83. The van der Waals surface area contributed by atoms with Gasteiger partial charge >= 0.3 is 6.09 Å². The van der Waals surface area contributed by atoms with Gasteiger partial charge in [-0.3, -0.25) is 4.90 Å². The summed E-state index contributed by atoms with van der Waals surface area (Å²) >= 11 is 0. The van der Waals surface area contributed by atoms with E-state index in [9.17, 15) is 4.79 Å². The Hall–Kier alpha value is -1.07. The average molecular weight is 295 g/mol. The fourth-order valence-electron chi connectivity index (χ4n) is 2.88. The van der Waals surface area contributed by atoms with Gasteiger partial charge in [-0.1, -0.05) is 12.2 Å². The molecule has 1 aliphatic carbocycles. The van der Waals surface area contributed by atoms with E-state index in [1.54, 1.807) is 0 Å². The molecule has 1 N–H and O–H groups in total. The van der Waals surface area contributed by atoms with E-state index in [-0.39, 0.29) is 12.1 Å². The van der Waals surface area contributed by atoms with Gasteiger partial charge in [0.2, 0.25) is 0 Å². The summed E-state index contributed by atoms with van der Waals surface area (Å²) in [6.45, 7) is 10.1. The Morgan fingerprint density at radius 3 is 2.52 bits per heavy atom. The minimum atomic E-state index is -0.439. The molecule has 2 aliphatic rings. The third-order valence-corrected chi connectivity index (χ3v) is 4.03. The van der Waals surface area contributed by atoms with Crippen LogP contribution in [0.4, 0.5) is 4.79 Å². The van der Waals surface area contributed by atoms with Crippen LogP contribution in [0.25, 0.3) is 0 Å². The molecule has 2 atom stereocenters. The van der Waals surface area contributed by atoms with E-state index in [0.717, 1.165) is 39.0 Å². The quantitative estimate of drug-likeness (QED) is 0.790. The van der Waals surface area contributed by atoms with Gasteiger partial charge in [0.05, 0.1) is 0 Å². The van der Waals surface area contributed by atoms with Gasteiger partial charge in [-0.05, 0) is 40.7 Å². The van der Waals surface area contributed by atoms with E-state index in [1.165, 1.54) is 0 Å². The summed E-state index contributed by atoms with van der Waals surface area (Å²) in [6, 6.07) is 0.613. The lowest BCUT2D eigenvalue weighted by Crippen LogP contribution is -2.51. The average Bonchev–Trinajstić information content (AvgIpc) is 2.37. The molecule has 120 valence electrons. The monoisotopic (exact) mass is 295 g/mol. The Kier molecular flexibility index (Phi) is 5.27. The zero-order valence-corrected chi connectivity index (χ0v) is 13.8. The van der Waals surface area contributed by atoms with E-state index in [0.29, 0.717) is 6.04 Å². The Bertz CT molecular complexity index is 381. The number of nitrogens with zero attached hydrogens (tertiary/aromatic N) is 2. The maximum absolute atomic E-state index is 11.9. The van der Waals surface area contributed by atoms with Crippen molar-refractivity contribution in [2.45, 2.75) is 51.3 Å². The number of amides is 1. The van der Waals surface area contributed by atoms with Crippen LogP contribution < -0.4 is 5.32 Å². The number of likely N-dealkylation sites (N-methyl/N-ethyl adjacent to an activating group) is 1. The molecule has 0 aromatic rings. The first kappa shape index (κ1) is 16.3. The Labute approximate surface area is 128 Å². The SMILES string of the molecule is CN1CCN([C@H]2C=CC[C@@H](NC(=O)OC(C)(C)C)C2)CC1. The highest BCUT2D eigenvalue weighted by molar-refractivity contribution is 5.68. The maximum Gasteiger partial charge on any atom is 0.407 e. The Morgan fingerprint density at radius 1 is 1.24 bits per heavy atom. The number of alkyl carbamates (subject to hydrolysis) is 1. The van der Waals surface area contributed by atoms with Gasteiger partial charge in [0.25, 0.3) is 0 Å². The summed E-state index contributed by atoms with van der Waals surface area (Å²) in [4.78, 5) is 16.7. The molecule has 0 aromatic carbocycles. The Morgan fingerprint density at radius 2 is 1.90 bits per heavy atom. The van der Waals surface area contributed by atoms with E-state index >= 15 is 0 Å². The first-order valence-electron chi connectivity index (χ1n) is 7.92. The van der Waals surface area contributed by atoms with Gasteiger partial charge < -0.3 is 15.0 Å². The fraction of sp³-hybridized carbons (Fsp3) is 0.812. The van der Waals surface area contributed by atoms with Crippen LogP contribution in [0.15, 0.2) is 12.2 Å². The molecule has 5 heteroatoms. The van der Waals surface area contributed by atoms with E-state index in [4.69, 9.17) is 4.74 Å². The highest BCUT2D eigenvalue weighted by atomic mass is 16.6. The van der Waals surface area contributed by atoms with Crippen molar-refractivity contribution in [3.63, 3.8) is 0 Å². The number of hydrogen-bond donors (Lipinski definition) is 1. The minimum Gasteiger partial charge on any atom is -0.444 e. The lowest BCUT2D eigenvalue weighted by atomic mass is 9.96. The van der Waals surface area contributed by atoms with Crippen LogP contribution in [0.5, 0.6) is 0 Å². The zero-order valence-electron chi connectivity index (χ0n) is 13.8. The van der Waals surface area contributed by atoms with Crippen molar-refractivity contribution < 1.29 is 9.53 Å². The predicted octanol–water partition coefficient (Wildman–Crippen LogP) is 1.85. The van der Waals surface area contributed by atoms with Crippen LogP contribution >= 0.6 is 0 Å². The topological polar surface area (TPSA) is 44.8 Å². The molecule has 21 heavy (non-hydrogen) atoms. The molecule has 0 saturated carbocycles. The van der Waals surface area contributed by atoms with E-state index in [1.807, 2.05) is 20.8 Å². The third kappa shape index (κ3) is 5.32. The number of ether oxygens (including phenoxy) is 1. The van der Waals surface area contributed by atoms with Crippen molar-refractivity contribution in [1.29, 1.82) is 0 Å². The third-order valence-electron chi connectivity index (χ3n) is 4.03. The molecule has 0 spiro atoms. The van der Waals surface area contributed by atoms with Crippen LogP contribution in [0.1, 0.15) is 33.6 Å². The van der Waals surface area contributed by atoms with Crippen LogP contribution in [-0.4, -0.2) is 66.8 Å². The maximum atomic E-state index is 11.9. The fourth-order valence-corrected chi connectivity index (χ4v) is 2.88. The molecule has 1 aliphatic heterocycles. The standard InChI is InChI=1S/C16H29N3O2/c1-16(2,3)21-15(20)17-13-6-5-7-14(12-13)19-10-8-18(4)9-11-19/h5,7,13-14H,6,8-12H2,1-4H3,(H,17,20)/t13-,14+/m1/s1. The van der Waals surface area contributed by atoms with Crippen LogP contribution in [-0.2, 0) is 4.74 Å². The van der Waals surface area contributed by atoms with Gasteiger partial charge in [-0.15, -0.1) is 0 Å². The lowest BCUT2D eigenvalue weighted by molar-refractivity contribution is 0.0486. The van der Waals surface area contributed by atoms with Gasteiger partial charge in [-0.2, -0.15) is 0 Å². The molecular weight excluding hydrogens is 266 g/mol. The van der Waals surface area contributed by atoms with Crippen molar-refractivity contribution in [2.75, 3.05) is 33.2 Å². The molecule has 1 saturated heterocycles. The van der Waals surface area contributed by atoms with Crippen molar-refractivity contribution >= 4 is 6.09 Å². The summed E-state index contributed by atoms with van der Waals surface area (Å²) in [5.74, 6) is 0. The highest BCUT2D eigenvalue weighted by Gasteiger charge is 2.27. The van der Waals surface area contributed by atoms with Gasteiger partial charge in [-0.25, -0.2) is 4.79 Å². The molecule has 0 unspecified atom stereocenters. The van der Waals surface area contributed by atoms with Crippen molar-refractivity contribution in [3.8, 4) is 0 Å². The summed E-state index contributed by atoms with van der Waals surface area (Å²) in [6.07, 6.45) is 6.04. The summed E-state index contributed by atoms with van der Waals surface area (Å²) in [5.41, 5.74) is -0.439. The molecule has 2 rings (SSSR count). The second-order valence-electron chi connectivity index (χ2n) is 7.15. The zero-order chi connectivity index (χ0) is 15.5. The molecule has 1 heterocycles. The Balaban J connectivity index is 1.82. The molecule has 0 radical (unpaired) electrons. The smallest absolute Gasteiger partial charge is 0.407 e. The van der Waals surface area contributed by atoms with E-state index < -0.39 is 5.60 Å². The van der Waals surface area contributed by atoms with Gasteiger partial charge in [0, 0.05) is 38.3 Å². The first-order valence-corrected chi connectivity index (χ1v) is 7.92. The minimum absolute atomic E-state index is 0.175. The highest BCUT2D eigenvalue weighted by Crippen LogP contribution is 2.19. The lowest BCUT2D eigenvalue weighted by Gasteiger charge is -2.39. The number of carbonyl (C=O) groups excluding carboxylic acids is 1. The molecule has 1 fully saturated rings. The second kappa shape index (κ2) is 6.79. The number of nitrogens with one attached hydrogen (secondary N) is 1. The number of rotatable bonds is 2. The van der Waals surface area contributed by atoms with Crippen LogP contribution in [0.3, 0.4) is 0 Å². The molecule has 5 nitrogen and oxygen atoms in total. The van der Waals surface area contributed by atoms with Crippen molar-refractivity contribution in [2.24, 2.45) is 0 Å². The number of piperazine rings is 1. The summed E-state index contributed by atoms with van der Waals surface area (Å²) in [7, 11) is 2.17. The van der Waals surface area contributed by atoms with Gasteiger partial charge in [0.15, 0.2) is 0 Å².